The molecule has 2 aromatic rings. The van der Waals surface area contributed by atoms with E-state index in [4.69, 9.17) is 5.73 Å². The van der Waals surface area contributed by atoms with E-state index in [1.165, 1.54) is 11.1 Å². The summed E-state index contributed by atoms with van der Waals surface area (Å²) in [4.78, 5) is 11.1. The topological polar surface area (TPSA) is 67.1 Å². The lowest BCUT2D eigenvalue weighted by atomic mass is 10.00. The monoisotopic (exact) mass is 269 g/mol. The van der Waals surface area contributed by atoms with Crippen molar-refractivity contribution < 1.29 is 0 Å². The standard InChI is InChI=1S/C15H19N5/c16-6-7-17-14-15(19-9-8-18-14)20-10-5-12-3-1-2-4-13(12)11-20/h1-4,8-9H,5-7,10-11,16H2,(H,17,18). The van der Waals surface area contributed by atoms with Gasteiger partial charge in [-0.15, -0.1) is 0 Å². The highest BCUT2D eigenvalue weighted by Crippen LogP contribution is 2.26. The molecule has 5 heteroatoms. The Balaban J connectivity index is 1.84. The number of rotatable bonds is 4. The minimum atomic E-state index is 0.582. The van der Waals surface area contributed by atoms with E-state index < -0.39 is 0 Å². The second-order valence-corrected chi connectivity index (χ2v) is 4.88. The van der Waals surface area contributed by atoms with E-state index in [9.17, 15) is 0 Å². The average molecular weight is 269 g/mol. The van der Waals surface area contributed by atoms with Crippen molar-refractivity contribution >= 4 is 11.6 Å². The van der Waals surface area contributed by atoms with Gasteiger partial charge in [-0.3, -0.25) is 0 Å². The van der Waals surface area contributed by atoms with Gasteiger partial charge in [0, 0.05) is 38.6 Å². The summed E-state index contributed by atoms with van der Waals surface area (Å²) in [6, 6.07) is 8.58. The van der Waals surface area contributed by atoms with Crippen molar-refractivity contribution in [3.05, 3.63) is 47.8 Å². The fraction of sp³-hybridized carbons (Fsp3) is 0.333. The summed E-state index contributed by atoms with van der Waals surface area (Å²) in [5, 5.41) is 3.24. The number of hydrogen-bond donors (Lipinski definition) is 2. The molecule has 0 spiro atoms. The molecule has 0 bridgehead atoms. The molecule has 5 nitrogen and oxygen atoms in total. The molecule has 3 rings (SSSR count). The van der Waals surface area contributed by atoms with Gasteiger partial charge in [0.25, 0.3) is 0 Å². The Morgan fingerprint density at radius 3 is 2.80 bits per heavy atom. The predicted molar refractivity (Wildman–Crippen MR) is 80.8 cm³/mol. The van der Waals surface area contributed by atoms with Gasteiger partial charge in [0.15, 0.2) is 11.6 Å². The van der Waals surface area contributed by atoms with E-state index in [0.29, 0.717) is 13.1 Å². The second kappa shape index (κ2) is 5.88. The largest absolute Gasteiger partial charge is 0.366 e. The average Bonchev–Trinajstić information content (AvgIpc) is 2.53. The van der Waals surface area contributed by atoms with Gasteiger partial charge >= 0.3 is 0 Å². The van der Waals surface area contributed by atoms with Gasteiger partial charge in [-0.25, -0.2) is 9.97 Å². The van der Waals surface area contributed by atoms with E-state index in [1.807, 2.05) is 0 Å². The number of fused-ring (bicyclic) bond motifs is 1. The Hall–Kier alpha value is -2.14. The first-order valence-corrected chi connectivity index (χ1v) is 6.95. The Morgan fingerprint density at radius 1 is 1.15 bits per heavy atom. The number of benzene rings is 1. The van der Waals surface area contributed by atoms with Crippen LogP contribution in [0.2, 0.25) is 0 Å². The summed E-state index contributed by atoms with van der Waals surface area (Å²) in [6.07, 6.45) is 4.49. The SMILES string of the molecule is NCCNc1nccnc1N1CCc2ccccc2C1. The Morgan fingerprint density at radius 2 is 1.95 bits per heavy atom. The third-order valence-corrected chi connectivity index (χ3v) is 3.55. The van der Waals surface area contributed by atoms with E-state index in [2.05, 4.69) is 44.5 Å². The summed E-state index contributed by atoms with van der Waals surface area (Å²) in [6.45, 7) is 3.13. The van der Waals surface area contributed by atoms with Crippen LogP contribution in [0.3, 0.4) is 0 Å². The number of anilines is 2. The van der Waals surface area contributed by atoms with Crippen LogP contribution in [0.1, 0.15) is 11.1 Å². The molecule has 2 heterocycles. The van der Waals surface area contributed by atoms with Crippen molar-refractivity contribution in [1.82, 2.24) is 9.97 Å². The van der Waals surface area contributed by atoms with Crippen LogP contribution in [-0.2, 0) is 13.0 Å². The van der Waals surface area contributed by atoms with Gasteiger partial charge in [0.1, 0.15) is 0 Å². The quantitative estimate of drug-likeness (QED) is 0.878. The smallest absolute Gasteiger partial charge is 0.172 e. The van der Waals surface area contributed by atoms with E-state index in [1.54, 1.807) is 12.4 Å². The summed E-state index contributed by atoms with van der Waals surface area (Å²) in [5.74, 6) is 1.73. The first-order valence-electron chi connectivity index (χ1n) is 6.95. The van der Waals surface area contributed by atoms with Gasteiger partial charge in [0.05, 0.1) is 0 Å². The van der Waals surface area contributed by atoms with Gasteiger partial charge in [-0.05, 0) is 17.5 Å². The fourth-order valence-electron chi connectivity index (χ4n) is 2.55. The molecule has 3 N–H and O–H groups in total. The van der Waals surface area contributed by atoms with Crippen LogP contribution in [-0.4, -0.2) is 29.6 Å². The first-order chi connectivity index (χ1) is 9.88. The van der Waals surface area contributed by atoms with Crippen LogP contribution in [0.15, 0.2) is 36.7 Å². The predicted octanol–water partition coefficient (Wildman–Crippen LogP) is 1.41. The van der Waals surface area contributed by atoms with Crippen molar-refractivity contribution in [3.8, 4) is 0 Å². The van der Waals surface area contributed by atoms with Crippen LogP contribution in [0.4, 0.5) is 11.6 Å². The minimum absolute atomic E-state index is 0.582. The van der Waals surface area contributed by atoms with E-state index in [-0.39, 0.29) is 0 Å². The molecule has 0 saturated carbocycles. The number of nitrogens with two attached hydrogens (primary N) is 1. The molecule has 1 aliphatic heterocycles. The van der Waals surface area contributed by atoms with Crippen LogP contribution in [0.5, 0.6) is 0 Å². The fourth-order valence-corrected chi connectivity index (χ4v) is 2.55. The third kappa shape index (κ3) is 2.58. The highest BCUT2D eigenvalue weighted by molar-refractivity contribution is 5.61. The van der Waals surface area contributed by atoms with Crippen LogP contribution >= 0.6 is 0 Å². The molecule has 1 aliphatic rings. The second-order valence-electron chi connectivity index (χ2n) is 4.88. The van der Waals surface area contributed by atoms with Crippen molar-refractivity contribution in [2.75, 3.05) is 29.9 Å². The molecule has 1 aromatic carbocycles. The van der Waals surface area contributed by atoms with Gasteiger partial charge in [-0.1, -0.05) is 24.3 Å². The Bertz CT molecular complexity index is 584. The lowest BCUT2D eigenvalue weighted by molar-refractivity contribution is 0.719. The van der Waals surface area contributed by atoms with Gasteiger partial charge < -0.3 is 16.0 Å². The van der Waals surface area contributed by atoms with Gasteiger partial charge in [-0.2, -0.15) is 0 Å². The molecule has 0 radical (unpaired) electrons. The summed E-state index contributed by atoms with van der Waals surface area (Å²) >= 11 is 0. The third-order valence-electron chi connectivity index (χ3n) is 3.55. The minimum Gasteiger partial charge on any atom is -0.366 e. The number of hydrogen-bond acceptors (Lipinski definition) is 5. The molecular formula is C15H19N5. The van der Waals surface area contributed by atoms with Crippen molar-refractivity contribution in [2.24, 2.45) is 5.73 Å². The molecule has 0 saturated heterocycles. The molecule has 0 unspecified atom stereocenters. The molecule has 1 aromatic heterocycles. The lowest BCUT2D eigenvalue weighted by Crippen LogP contribution is -2.32. The number of nitrogens with zero attached hydrogens (tertiary/aromatic N) is 3. The van der Waals surface area contributed by atoms with E-state index in [0.717, 1.165) is 31.1 Å². The number of aromatic nitrogens is 2. The normalized spacial score (nSPS) is 13.9. The highest BCUT2D eigenvalue weighted by Gasteiger charge is 2.19. The van der Waals surface area contributed by atoms with E-state index >= 15 is 0 Å². The number of nitrogens with one attached hydrogen (secondary N) is 1. The summed E-state index contributed by atoms with van der Waals surface area (Å²) in [5.41, 5.74) is 8.35. The maximum absolute atomic E-state index is 5.54. The highest BCUT2D eigenvalue weighted by atomic mass is 15.2. The molecule has 0 aliphatic carbocycles. The van der Waals surface area contributed by atoms with Crippen LogP contribution in [0.25, 0.3) is 0 Å². The first kappa shape index (κ1) is 12.9. The molecule has 0 atom stereocenters. The molecule has 0 fully saturated rings. The maximum Gasteiger partial charge on any atom is 0.172 e. The van der Waals surface area contributed by atoms with Crippen molar-refractivity contribution in [3.63, 3.8) is 0 Å². The van der Waals surface area contributed by atoms with Crippen molar-refractivity contribution in [2.45, 2.75) is 13.0 Å². The Kier molecular flexibility index (Phi) is 3.78. The zero-order chi connectivity index (χ0) is 13.8. The maximum atomic E-state index is 5.54. The molecule has 0 amide bonds. The molecular weight excluding hydrogens is 250 g/mol. The van der Waals surface area contributed by atoms with Crippen LogP contribution < -0.4 is 16.0 Å². The molecule has 104 valence electrons. The van der Waals surface area contributed by atoms with Gasteiger partial charge in [0.2, 0.25) is 0 Å². The summed E-state index contributed by atoms with van der Waals surface area (Å²) in [7, 11) is 0. The summed E-state index contributed by atoms with van der Waals surface area (Å²) < 4.78 is 0. The lowest BCUT2D eigenvalue weighted by Gasteiger charge is -2.30. The Labute approximate surface area is 118 Å². The van der Waals surface area contributed by atoms with Crippen LogP contribution in [0, 0.1) is 0 Å². The molecule has 20 heavy (non-hydrogen) atoms. The zero-order valence-corrected chi connectivity index (χ0v) is 11.4. The van der Waals surface area contributed by atoms with Crippen molar-refractivity contribution in [1.29, 1.82) is 0 Å². The zero-order valence-electron chi connectivity index (χ0n) is 11.4.